The maximum atomic E-state index is 13.0. The number of ether oxygens (including phenoxy) is 3. The summed E-state index contributed by atoms with van der Waals surface area (Å²) in [4.78, 5) is 10.9. The Morgan fingerprint density at radius 1 is 1.27 bits per heavy atom. The van der Waals surface area contributed by atoms with Crippen molar-refractivity contribution in [2.45, 2.75) is 13.0 Å². The van der Waals surface area contributed by atoms with Crippen molar-refractivity contribution in [2.75, 3.05) is 47.1 Å². The maximum absolute atomic E-state index is 13.0. The van der Waals surface area contributed by atoms with Gasteiger partial charge in [-0.15, -0.1) is 0 Å². The van der Waals surface area contributed by atoms with Gasteiger partial charge >= 0.3 is 0 Å². The van der Waals surface area contributed by atoms with Gasteiger partial charge in [0.1, 0.15) is 11.6 Å². The largest absolute Gasteiger partial charge is 0.439 e. The summed E-state index contributed by atoms with van der Waals surface area (Å²) in [6, 6.07) is 9.65. The second kappa shape index (κ2) is 11.5. The molecule has 1 aliphatic rings. The third-order valence-corrected chi connectivity index (χ3v) is 4.87. The highest BCUT2D eigenvalue weighted by Gasteiger charge is 2.24. The van der Waals surface area contributed by atoms with Gasteiger partial charge in [-0.1, -0.05) is 0 Å². The third kappa shape index (κ3) is 6.67. The summed E-state index contributed by atoms with van der Waals surface area (Å²) in [6.45, 7) is 4.46. The van der Waals surface area contributed by atoms with Crippen LogP contribution in [0.2, 0.25) is 0 Å². The Morgan fingerprint density at radius 3 is 2.87 bits per heavy atom. The molecule has 0 saturated carbocycles. The van der Waals surface area contributed by atoms with Crippen LogP contribution >= 0.6 is 0 Å². The van der Waals surface area contributed by atoms with Crippen molar-refractivity contribution in [1.82, 2.24) is 15.2 Å². The van der Waals surface area contributed by atoms with Crippen molar-refractivity contribution in [2.24, 2.45) is 10.9 Å². The van der Waals surface area contributed by atoms with Crippen LogP contribution in [0, 0.1) is 11.7 Å². The second-order valence-electron chi connectivity index (χ2n) is 7.13. The number of hydrogen-bond donors (Lipinski definition) is 1. The number of aromatic nitrogens is 1. The number of likely N-dealkylation sites (tertiary alicyclic amines) is 1. The number of benzene rings is 1. The van der Waals surface area contributed by atoms with E-state index in [1.165, 1.54) is 12.1 Å². The fraction of sp³-hybridized carbons (Fsp3) is 0.455. The molecule has 2 heterocycles. The fourth-order valence-electron chi connectivity index (χ4n) is 3.31. The number of aliphatic imine (C=N–C) groups is 1. The quantitative estimate of drug-likeness (QED) is 0.385. The Labute approximate surface area is 176 Å². The molecule has 1 atom stereocenters. The third-order valence-electron chi connectivity index (χ3n) is 4.87. The number of nitrogens with one attached hydrogen (secondary N) is 1. The first kappa shape index (κ1) is 22.0. The van der Waals surface area contributed by atoms with E-state index < -0.39 is 0 Å². The average molecular weight is 416 g/mol. The number of halogens is 1. The molecular weight excluding hydrogens is 387 g/mol. The van der Waals surface area contributed by atoms with Crippen LogP contribution in [0.15, 0.2) is 47.6 Å². The van der Waals surface area contributed by atoms with Crippen LogP contribution in [0.25, 0.3) is 0 Å². The smallest absolute Gasteiger partial charge is 0.219 e. The summed E-state index contributed by atoms with van der Waals surface area (Å²) >= 11 is 0. The normalized spacial score (nSPS) is 16.7. The Morgan fingerprint density at radius 2 is 2.10 bits per heavy atom. The van der Waals surface area contributed by atoms with Gasteiger partial charge in [-0.2, -0.15) is 0 Å². The number of nitrogens with zero attached hydrogens (tertiary/aromatic N) is 3. The van der Waals surface area contributed by atoms with Crippen LogP contribution in [0.5, 0.6) is 11.6 Å². The number of guanidine groups is 1. The topological polar surface area (TPSA) is 68.2 Å². The summed E-state index contributed by atoms with van der Waals surface area (Å²) < 4.78 is 29.4. The molecule has 0 amide bonds. The molecule has 1 fully saturated rings. The molecule has 0 spiro atoms. The van der Waals surface area contributed by atoms with Gasteiger partial charge in [-0.25, -0.2) is 9.37 Å². The predicted octanol–water partition coefficient (Wildman–Crippen LogP) is 3.07. The van der Waals surface area contributed by atoms with E-state index in [2.05, 4.69) is 20.2 Å². The Balaban J connectivity index is 1.48. The molecule has 1 N–H and O–H groups in total. The molecule has 1 aromatic heterocycles. The van der Waals surface area contributed by atoms with E-state index in [1.807, 2.05) is 12.1 Å². The molecular formula is C22H29FN4O3. The van der Waals surface area contributed by atoms with E-state index in [0.717, 1.165) is 37.6 Å². The minimum atomic E-state index is -0.301. The van der Waals surface area contributed by atoms with E-state index >= 15 is 0 Å². The molecule has 0 aliphatic carbocycles. The van der Waals surface area contributed by atoms with Gasteiger partial charge in [0.05, 0.1) is 19.8 Å². The summed E-state index contributed by atoms with van der Waals surface area (Å²) in [5.41, 5.74) is 1.02. The molecule has 2 aromatic rings. The van der Waals surface area contributed by atoms with Crippen molar-refractivity contribution < 1.29 is 18.6 Å². The van der Waals surface area contributed by atoms with Crippen molar-refractivity contribution in [3.8, 4) is 11.6 Å². The minimum absolute atomic E-state index is 0.301. The van der Waals surface area contributed by atoms with Crippen LogP contribution in [0.3, 0.4) is 0 Å². The van der Waals surface area contributed by atoms with E-state index in [4.69, 9.17) is 14.2 Å². The molecule has 30 heavy (non-hydrogen) atoms. The van der Waals surface area contributed by atoms with Gasteiger partial charge < -0.3 is 24.4 Å². The molecule has 1 unspecified atom stereocenters. The Kier molecular flexibility index (Phi) is 8.41. The Hall–Kier alpha value is -2.71. The summed E-state index contributed by atoms with van der Waals surface area (Å²) in [7, 11) is 3.47. The van der Waals surface area contributed by atoms with Gasteiger partial charge in [-0.05, 0) is 42.3 Å². The van der Waals surface area contributed by atoms with Gasteiger partial charge in [-0.3, -0.25) is 4.99 Å². The maximum Gasteiger partial charge on any atom is 0.219 e. The molecule has 162 valence electrons. The molecule has 0 bridgehead atoms. The van der Waals surface area contributed by atoms with Gasteiger partial charge in [0.2, 0.25) is 5.88 Å². The van der Waals surface area contributed by atoms with Crippen LogP contribution < -0.4 is 10.1 Å². The van der Waals surface area contributed by atoms with Crippen LogP contribution in [0.1, 0.15) is 12.0 Å². The summed E-state index contributed by atoms with van der Waals surface area (Å²) in [5, 5.41) is 3.41. The molecule has 7 nitrogen and oxygen atoms in total. The lowest BCUT2D eigenvalue weighted by Gasteiger charge is -2.22. The molecule has 8 heteroatoms. The lowest BCUT2D eigenvalue weighted by Crippen LogP contribution is -2.39. The van der Waals surface area contributed by atoms with Gasteiger partial charge in [0.15, 0.2) is 5.96 Å². The van der Waals surface area contributed by atoms with E-state index in [9.17, 15) is 4.39 Å². The van der Waals surface area contributed by atoms with Crippen molar-refractivity contribution in [1.29, 1.82) is 0 Å². The Bertz CT molecular complexity index is 816. The van der Waals surface area contributed by atoms with E-state index in [0.29, 0.717) is 37.3 Å². The van der Waals surface area contributed by atoms with E-state index in [1.54, 1.807) is 32.5 Å². The molecule has 3 rings (SSSR count). The fourth-order valence-corrected chi connectivity index (χ4v) is 3.31. The highest BCUT2D eigenvalue weighted by atomic mass is 19.1. The molecule has 0 radical (unpaired) electrons. The first-order valence-electron chi connectivity index (χ1n) is 10.1. The highest BCUT2D eigenvalue weighted by Crippen LogP contribution is 2.20. The van der Waals surface area contributed by atoms with Gasteiger partial charge in [0.25, 0.3) is 0 Å². The number of hydrogen-bond acceptors (Lipinski definition) is 5. The van der Waals surface area contributed by atoms with Crippen molar-refractivity contribution in [3.63, 3.8) is 0 Å². The monoisotopic (exact) mass is 416 g/mol. The van der Waals surface area contributed by atoms with Crippen LogP contribution in [-0.2, 0) is 16.0 Å². The zero-order valence-corrected chi connectivity index (χ0v) is 17.5. The van der Waals surface area contributed by atoms with Crippen molar-refractivity contribution in [3.05, 3.63) is 54.0 Å². The number of methoxy groups -OCH3 is 1. The van der Waals surface area contributed by atoms with Crippen LogP contribution in [-0.4, -0.2) is 62.9 Å². The summed E-state index contributed by atoms with van der Waals surface area (Å²) in [6.07, 6.45) is 2.78. The average Bonchev–Trinajstić information content (AvgIpc) is 3.22. The number of pyridine rings is 1. The minimum Gasteiger partial charge on any atom is -0.439 e. The highest BCUT2D eigenvalue weighted by molar-refractivity contribution is 5.80. The lowest BCUT2D eigenvalue weighted by molar-refractivity contribution is 0.0536. The van der Waals surface area contributed by atoms with Crippen LogP contribution in [0.4, 0.5) is 4.39 Å². The molecule has 1 saturated heterocycles. The first-order valence-corrected chi connectivity index (χ1v) is 10.1. The molecule has 1 aliphatic heterocycles. The zero-order chi connectivity index (χ0) is 21.2. The first-order chi connectivity index (χ1) is 14.7. The molecule has 1 aromatic carbocycles. The van der Waals surface area contributed by atoms with E-state index in [-0.39, 0.29) is 5.82 Å². The van der Waals surface area contributed by atoms with Crippen molar-refractivity contribution >= 4 is 5.96 Å². The van der Waals surface area contributed by atoms with Gasteiger partial charge in [0, 0.05) is 52.0 Å². The predicted molar refractivity (Wildman–Crippen MR) is 113 cm³/mol. The number of rotatable bonds is 9. The lowest BCUT2D eigenvalue weighted by atomic mass is 10.1. The SMILES string of the molecule is CN=C(NCc1ccnc(Oc2ccc(F)cc2)c1)N1CCC(COCCOC)C1. The second-order valence-corrected chi connectivity index (χ2v) is 7.13. The summed E-state index contributed by atoms with van der Waals surface area (Å²) in [5.74, 6) is 2.07. The zero-order valence-electron chi connectivity index (χ0n) is 17.5. The standard InChI is InChI=1S/C22H29FN4O3/c1-24-22(27-10-8-18(15-27)16-29-12-11-28-2)26-14-17-7-9-25-21(13-17)30-20-5-3-19(23)4-6-20/h3-7,9,13,18H,8,10-12,14-16H2,1-2H3,(H,24,26).